The van der Waals surface area contributed by atoms with Crippen LogP contribution < -0.4 is 20.9 Å². The monoisotopic (exact) mass is 305 g/mol. The van der Waals surface area contributed by atoms with Crippen molar-refractivity contribution >= 4 is 5.91 Å². The van der Waals surface area contributed by atoms with Crippen molar-refractivity contribution < 1.29 is 14.3 Å². The molecule has 6 nitrogen and oxygen atoms in total. The molecular formula is C16H23N3O3. The summed E-state index contributed by atoms with van der Waals surface area (Å²) in [5.74, 6) is 1.05. The molecule has 0 aromatic heterocycles. The number of benzene rings is 1. The lowest BCUT2D eigenvalue weighted by atomic mass is 9.92. The molecule has 1 aromatic carbocycles. The van der Waals surface area contributed by atoms with Gasteiger partial charge in [0.1, 0.15) is 12.7 Å². The number of nitrogens with two attached hydrogens (primary N) is 2. The molecule has 3 rings (SSSR count). The second kappa shape index (κ2) is 6.54. The van der Waals surface area contributed by atoms with Gasteiger partial charge in [0, 0.05) is 25.6 Å². The number of carbonyl (C=O) groups is 1. The Morgan fingerprint density at radius 3 is 2.86 bits per heavy atom. The van der Waals surface area contributed by atoms with E-state index in [2.05, 4.69) is 4.90 Å². The Morgan fingerprint density at radius 2 is 2.09 bits per heavy atom. The van der Waals surface area contributed by atoms with Gasteiger partial charge < -0.3 is 25.8 Å². The van der Waals surface area contributed by atoms with Gasteiger partial charge >= 0.3 is 0 Å². The van der Waals surface area contributed by atoms with E-state index in [1.54, 1.807) is 0 Å². The van der Waals surface area contributed by atoms with Crippen LogP contribution in [0.2, 0.25) is 0 Å². The largest absolute Gasteiger partial charge is 0.486 e. The quantitative estimate of drug-likeness (QED) is 0.837. The first-order valence-corrected chi connectivity index (χ1v) is 7.79. The van der Waals surface area contributed by atoms with Gasteiger partial charge in [0.05, 0.1) is 5.92 Å². The summed E-state index contributed by atoms with van der Waals surface area (Å²) in [7, 11) is 0. The second-order valence-corrected chi connectivity index (χ2v) is 6.05. The lowest BCUT2D eigenvalue weighted by Crippen LogP contribution is -2.52. The highest BCUT2D eigenvalue weighted by molar-refractivity contribution is 5.77. The van der Waals surface area contributed by atoms with Crippen molar-refractivity contribution in [1.29, 1.82) is 0 Å². The fourth-order valence-electron chi connectivity index (χ4n) is 3.07. The number of amides is 1. The summed E-state index contributed by atoms with van der Waals surface area (Å²) >= 11 is 0. The van der Waals surface area contributed by atoms with Crippen molar-refractivity contribution in [3.63, 3.8) is 0 Å². The zero-order chi connectivity index (χ0) is 15.5. The van der Waals surface area contributed by atoms with Crippen molar-refractivity contribution in [1.82, 2.24) is 4.90 Å². The number of nitrogens with zero attached hydrogens (tertiary/aromatic N) is 1. The van der Waals surface area contributed by atoms with Gasteiger partial charge in [-0.1, -0.05) is 12.1 Å². The number of para-hydroxylation sites is 2. The average molecular weight is 305 g/mol. The van der Waals surface area contributed by atoms with E-state index >= 15 is 0 Å². The molecule has 0 saturated carbocycles. The predicted octanol–water partition coefficient (Wildman–Crippen LogP) is 0.351. The highest BCUT2D eigenvalue weighted by Gasteiger charge is 2.31. The van der Waals surface area contributed by atoms with E-state index in [0.29, 0.717) is 13.2 Å². The molecule has 3 unspecified atom stereocenters. The minimum absolute atomic E-state index is 0.0394. The molecule has 0 spiro atoms. The van der Waals surface area contributed by atoms with Crippen molar-refractivity contribution in [3.8, 4) is 11.5 Å². The maximum absolute atomic E-state index is 11.4. The first-order valence-electron chi connectivity index (χ1n) is 7.79. The van der Waals surface area contributed by atoms with Crippen molar-refractivity contribution in [2.24, 2.45) is 17.4 Å². The Labute approximate surface area is 130 Å². The number of rotatable bonds is 4. The molecule has 1 fully saturated rings. The van der Waals surface area contributed by atoms with E-state index in [0.717, 1.165) is 37.4 Å². The number of piperidine rings is 1. The Balaban J connectivity index is 1.50. The van der Waals surface area contributed by atoms with Gasteiger partial charge in [0.25, 0.3) is 0 Å². The third-order valence-corrected chi connectivity index (χ3v) is 4.45. The van der Waals surface area contributed by atoms with Crippen LogP contribution in [0.5, 0.6) is 11.5 Å². The third kappa shape index (κ3) is 3.34. The molecule has 0 bridgehead atoms. The normalized spacial score (nSPS) is 28.3. The number of hydrogen-bond acceptors (Lipinski definition) is 5. The lowest BCUT2D eigenvalue weighted by molar-refractivity contribution is -0.124. The van der Waals surface area contributed by atoms with Crippen molar-refractivity contribution in [2.75, 3.05) is 26.2 Å². The Kier molecular flexibility index (Phi) is 4.49. The first kappa shape index (κ1) is 15.1. The second-order valence-electron chi connectivity index (χ2n) is 6.05. The molecule has 2 heterocycles. The SMILES string of the molecule is NC(=O)C1CN(CCC2COc3ccccc3O2)CCC1N. The van der Waals surface area contributed by atoms with E-state index < -0.39 is 0 Å². The molecule has 120 valence electrons. The number of primary amides is 1. The van der Waals surface area contributed by atoms with Crippen LogP contribution >= 0.6 is 0 Å². The minimum Gasteiger partial charge on any atom is -0.486 e. The zero-order valence-electron chi connectivity index (χ0n) is 12.6. The zero-order valence-corrected chi connectivity index (χ0v) is 12.6. The lowest BCUT2D eigenvalue weighted by Gasteiger charge is -2.36. The summed E-state index contributed by atoms with van der Waals surface area (Å²) in [4.78, 5) is 13.7. The van der Waals surface area contributed by atoms with E-state index in [4.69, 9.17) is 20.9 Å². The summed E-state index contributed by atoms with van der Waals surface area (Å²) in [5.41, 5.74) is 11.4. The molecule has 1 saturated heterocycles. The van der Waals surface area contributed by atoms with Crippen LogP contribution in [0.4, 0.5) is 0 Å². The predicted molar refractivity (Wildman–Crippen MR) is 82.7 cm³/mol. The van der Waals surface area contributed by atoms with E-state index in [9.17, 15) is 4.79 Å². The van der Waals surface area contributed by atoms with Gasteiger partial charge in [0.2, 0.25) is 5.91 Å². The number of likely N-dealkylation sites (tertiary alicyclic amines) is 1. The van der Waals surface area contributed by atoms with Crippen LogP contribution in [0.15, 0.2) is 24.3 Å². The highest BCUT2D eigenvalue weighted by atomic mass is 16.6. The highest BCUT2D eigenvalue weighted by Crippen LogP contribution is 2.31. The number of carbonyl (C=O) groups excluding carboxylic acids is 1. The van der Waals surface area contributed by atoms with Crippen molar-refractivity contribution in [2.45, 2.75) is 25.0 Å². The standard InChI is InChI=1S/C16H23N3O3/c17-13-6-8-19(9-12(13)16(18)20)7-5-11-10-21-14-3-1-2-4-15(14)22-11/h1-4,11-13H,5-10,17H2,(H2,18,20). The molecule has 4 N–H and O–H groups in total. The topological polar surface area (TPSA) is 90.8 Å². The van der Waals surface area contributed by atoms with Crippen LogP contribution in [0, 0.1) is 5.92 Å². The van der Waals surface area contributed by atoms with Gasteiger partial charge in [-0.3, -0.25) is 4.79 Å². The molecule has 1 aromatic rings. The summed E-state index contributed by atoms with van der Waals surface area (Å²) in [5, 5.41) is 0. The molecule has 0 aliphatic carbocycles. The summed E-state index contributed by atoms with van der Waals surface area (Å²) in [6.45, 7) is 2.95. The summed E-state index contributed by atoms with van der Waals surface area (Å²) in [6.07, 6.45) is 1.70. The molecular weight excluding hydrogens is 282 g/mol. The molecule has 2 aliphatic heterocycles. The van der Waals surface area contributed by atoms with E-state index in [-0.39, 0.29) is 24.0 Å². The van der Waals surface area contributed by atoms with Crippen LogP contribution in [0.25, 0.3) is 0 Å². The van der Waals surface area contributed by atoms with E-state index in [1.165, 1.54) is 0 Å². The van der Waals surface area contributed by atoms with Gasteiger partial charge in [-0.05, 0) is 25.1 Å². The molecule has 1 amide bonds. The number of hydrogen-bond donors (Lipinski definition) is 2. The van der Waals surface area contributed by atoms with Crippen LogP contribution in [0.1, 0.15) is 12.8 Å². The maximum Gasteiger partial charge on any atom is 0.223 e. The first-order chi connectivity index (χ1) is 10.6. The maximum atomic E-state index is 11.4. The number of fused-ring (bicyclic) bond motifs is 1. The van der Waals surface area contributed by atoms with E-state index in [1.807, 2.05) is 24.3 Å². The molecule has 2 aliphatic rings. The Hall–Kier alpha value is -1.79. The molecule has 22 heavy (non-hydrogen) atoms. The van der Waals surface area contributed by atoms with Crippen LogP contribution in [-0.2, 0) is 4.79 Å². The smallest absolute Gasteiger partial charge is 0.223 e. The summed E-state index contributed by atoms with van der Waals surface area (Å²) < 4.78 is 11.7. The van der Waals surface area contributed by atoms with Gasteiger partial charge in [0.15, 0.2) is 11.5 Å². The third-order valence-electron chi connectivity index (χ3n) is 4.45. The summed E-state index contributed by atoms with van der Waals surface area (Å²) in [6, 6.07) is 7.59. The Morgan fingerprint density at radius 1 is 1.32 bits per heavy atom. The number of ether oxygens (including phenoxy) is 2. The fraction of sp³-hybridized carbons (Fsp3) is 0.562. The van der Waals surface area contributed by atoms with Gasteiger partial charge in [-0.25, -0.2) is 0 Å². The molecule has 3 atom stereocenters. The van der Waals surface area contributed by atoms with Crippen LogP contribution in [0.3, 0.4) is 0 Å². The van der Waals surface area contributed by atoms with Gasteiger partial charge in [-0.2, -0.15) is 0 Å². The molecule has 6 heteroatoms. The average Bonchev–Trinajstić information content (AvgIpc) is 2.53. The minimum atomic E-state index is -0.302. The molecule has 0 radical (unpaired) electrons. The Bertz CT molecular complexity index is 537. The van der Waals surface area contributed by atoms with Crippen LogP contribution in [-0.4, -0.2) is 49.2 Å². The van der Waals surface area contributed by atoms with Gasteiger partial charge in [-0.15, -0.1) is 0 Å². The van der Waals surface area contributed by atoms with Crippen molar-refractivity contribution in [3.05, 3.63) is 24.3 Å². The fourth-order valence-corrected chi connectivity index (χ4v) is 3.07.